The zero-order valence-corrected chi connectivity index (χ0v) is 28.6. The topological polar surface area (TPSA) is 132 Å². The van der Waals surface area contributed by atoms with Crippen LogP contribution in [0.25, 0.3) is 10.9 Å². The van der Waals surface area contributed by atoms with Gasteiger partial charge in [-0.05, 0) is 93.8 Å². The predicted octanol–water partition coefficient (Wildman–Crippen LogP) is 5.11. The summed E-state index contributed by atoms with van der Waals surface area (Å²) in [6.45, 7) is 10.2. The molecule has 16 heteroatoms. The average molecular weight is 715 g/mol. The Kier molecular flexibility index (Phi) is 13.0. The Morgan fingerprint density at radius 1 is 1.11 bits per heavy atom. The first-order valence-corrected chi connectivity index (χ1v) is 18.1. The van der Waals surface area contributed by atoms with Crippen LogP contribution >= 0.6 is 12.2 Å². The number of rotatable bonds is 10. The Morgan fingerprint density at radius 2 is 1.79 bits per heavy atom. The zero-order chi connectivity index (χ0) is 35.0. The van der Waals surface area contributed by atoms with Crippen LogP contribution in [0.5, 0.6) is 0 Å². The molecule has 1 atom stereocenters. The molecule has 10 nitrogen and oxygen atoms in total. The Bertz CT molecular complexity index is 1840. The van der Waals surface area contributed by atoms with Crippen LogP contribution in [-0.4, -0.2) is 63.2 Å². The monoisotopic (exact) mass is 714 g/mol. The summed E-state index contributed by atoms with van der Waals surface area (Å²) in [6, 6.07) is 14.3. The third-order valence-electron chi connectivity index (χ3n) is 7.48. The van der Waals surface area contributed by atoms with Crippen molar-refractivity contribution in [1.29, 1.82) is 0 Å². The number of aryl methyl sites for hydroxylation is 1. The van der Waals surface area contributed by atoms with Gasteiger partial charge in [-0.2, -0.15) is 17.7 Å². The summed E-state index contributed by atoms with van der Waals surface area (Å²) in [6.07, 6.45) is 9.08. The number of anilines is 2. The molecule has 2 aromatic carbocycles. The number of terminal acetylenes is 1. The SMILES string of the molecule is C#CC[n+]1c2c(cc3cc(NS(=O)(=O)c4cccc(NC(=S)OCC)c4)ccc31)CCCC2CN(CC)CC.O=S(=O)([O-])C(F)(F)F. The molecule has 3 aromatic rings. The van der Waals surface area contributed by atoms with Crippen molar-refractivity contribution in [3.05, 3.63) is 59.8 Å². The quantitative estimate of drug-likeness (QED) is 0.0968. The molecule has 1 aliphatic carbocycles. The largest absolute Gasteiger partial charge is 0.741 e. The second kappa shape index (κ2) is 16.1. The van der Waals surface area contributed by atoms with Gasteiger partial charge in [0.25, 0.3) is 15.2 Å². The van der Waals surface area contributed by atoms with E-state index >= 15 is 0 Å². The number of halogens is 3. The zero-order valence-electron chi connectivity index (χ0n) is 26.1. The third kappa shape index (κ3) is 10.0. The van der Waals surface area contributed by atoms with Gasteiger partial charge in [0.1, 0.15) is 0 Å². The fraction of sp³-hybridized carbons (Fsp3) is 0.419. The molecular formula is C31H37F3N4O6S3. The second-order valence-corrected chi connectivity index (χ2v) is 14.0. The molecule has 0 aliphatic heterocycles. The number of likely N-dealkylation sites (N-methyl/N-ethyl adjacent to an activating group) is 1. The van der Waals surface area contributed by atoms with E-state index in [-0.39, 0.29) is 10.1 Å². The molecule has 0 radical (unpaired) electrons. The minimum absolute atomic E-state index is 0.124. The number of alkyl halides is 3. The van der Waals surface area contributed by atoms with Gasteiger partial charge in [0, 0.05) is 34.9 Å². The van der Waals surface area contributed by atoms with Crippen LogP contribution in [0.2, 0.25) is 0 Å². The average Bonchev–Trinajstić information content (AvgIpc) is 2.99. The number of fused-ring (bicyclic) bond motifs is 2. The molecule has 47 heavy (non-hydrogen) atoms. The molecule has 1 aliphatic rings. The van der Waals surface area contributed by atoms with Crippen LogP contribution in [0, 0.1) is 12.3 Å². The van der Waals surface area contributed by atoms with Crippen LogP contribution in [0.15, 0.2) is 53.4 Å². The molecule has 1 unspecified atom stereocenters. The number of sulfonamides is 1. The van der Waals surface area contributed by atoms with Crippen molar-refractivity contribution in [3.8, 4) is 12.3 Å². The number of thiocarbonyl (C=S) groups is 1. The highest BCUT2D eigenvalue weighted by atomic mass is 32.2. The van der Waals surface area contributed by atoms with Gasteiger partial charge in [-0.15, -0.1) is 6.42 Å². The number of nitrogens with zero attached hydrogens (tertiary/aromatic N) is 2. The second-order valence-electron chi connectivity index (χ2n) is 10.6. The molecule has 0 fully saturated rings. The van der Waals surface area contributed by atoms with E-state index in [2.05, 4.69) is 45.3 Å². The number of hydrogen-bond acceptors (Lipinski definition) is 8. The Labute approximate surface area is 279 Å². The van der Waals surface area contributed by atoms with Crippen molar-refractivity contribution in [1.82, 2.24) is 4.90 Å². The van der Waals surface area contributed by atoms with Gasteiger partial charge in [0.15, 0.2) is 15.8 Å². The van der Waals surface area contributed by atoms with Crippen molar-refractivity contribution in [2.75, 3.05) is 36.3 Å². The Morgan fingerprint density at radius 3 is 2.38 bits per heavy atom. The number of aromatic nitrogens is 1. The van der Waals surface area contributed by atoms with E-state index in [0.29, 0.717) is 30.4 Å². The molecule has 0 spiro atoms. The van der Waals surface area contributed by atoms with Crippen molar-refractivity contribution in [2.45, 2.75) is 62.9 Å². The molecule has 4 rings (SSSR count). The summed E-state index contributed by atoms with van der Waals surface area (Å²) >= 11 is 5.12. The van der Waals surface area contributed by atoms with Gasteiger partial charge in [-0.25, -0.2) is 16.8 Å². The van der Waals surface area contributed by atoms with Crippen molar-refractivity contribution < 1.29 is 43.9 Å². The summed E-state index contributed by atoms with van der Waals surface area (Å²) in [5, 5.41) is 4.06. The highest BCUT2D eigenvalue weighted by Gasteiger charge is 2.37. The van der Waals surface area contributed by atoms with Crippen LogP contribution in [-0.2, 0) is 37.8 Å². The molecular weight excluding hydrogens is 678 g/mol. The van der Waals surface area contributed by atoms with E-state index in [1.807, 2.05) is 19.1 Å². The first kappa shape index (κ1) is 38.0. The predicted molar refractivity (Wildman–Crippen MR) is 177 cm³/mol. The molecule has 1 heterocycles. The van der Waals surface area contributed by atoms with Gasteiger partial charge in [0.05, 0.1) is 17.4 Å². The van der Waals surface area contributed by atoms with Gasteiger partial charge in [0.2, 0.25) is 12.1 Å². The lowest BCUT2D eigenvalue weighted by Crippen LogP contribution is -2.44. The van der Waals surface area contributed by atoms with E-state index in [4.69, 9.17) is 36.3 Å². The molecule has 0 bridgehead atoms. The van der Waals surface area contributed by atoms with Crippen LogP contribution in [0.4, 0.5) is 24.5 Å². The first-order valence-electron chi connectivity index (χ1n) is 14.8. The lowest BCUT2D eigenvalue weighted by molar-refractivity contribution is -0.668. The van der Waals surface area contributed by atoms with Crippen molar-refractivity contribution in [3.63, 3.8) is 0 Å². The summed E-state index contributed by atoms with van der Waals surface area (Å²) in [7, 11) is -9.93. The fourth-order valence-electron chi connectivity index (χ4n) is 5.38. The lowest BCUT2D eigenvalue weighted by Gasteiger charge is -2.28. The smallest absolute Gasteiger partial charge is 0.485 e. The summed E-state index contributed by atoms with van der Waals surface area (Å²) in [5.41, 5.74) is -0.986. The summed E-state index contributed by atoms with van der Waals surface area (Å²) in [5.74, 6) is 3.26. The number of nitrogens with one attached hydrogen (secondary N) is 2. The Hall–Kier alpha value is -3.49. The van der Waals surface area contributed by atoms with Gasteiger partial charge < -0.3 is 19.5 Å². The highest BCUT2D eigenvalue weighted by Crippen LogP contribution is 2.33. The van der Waals surface area contributed by atoms with Crippen LogP contribution in [0.1, 0.15) is 50.8 Å². The van der Waals surface area contributed by atoms with E-state index < -0.39 is 25.6 Å². The molecule has 0 saturated carbocycles. The number of hydrogen-bond donors (Lipinski definition) is 2. The van der Waals surface area contributed by atoms with E-state index in [1.165, 1.54) is 17.3 Å². The minimum atomic E-state index is -6.09. The standard InChI is InChI=1S/C30H36N4O3S2.CHF3O3S/c1-5-17-34-28-16-15-26(32-39(35,36)27-14-10-13-25(20-27)31-30(38)37-8-4)19-24(28)18-22-11-9-12-23(29(22)34)21-33(6-2)7-3;2-1(3,4)8(5,6)7/h1,10,13-16,18-20,23,32H,6-9,11-12,17,21H2,2-4H3;(H,5,6,7). The molecule has 0 amide bonds. The molecule has 0 saturated heterocycles. The van der Waals surface area contributed by atoms with Crippen LogP contribution < -0.4 is 14.6 Å². The van der Waals surface area contributed by atoms with E-state index in [0.717, 1.165) is 49.8 Å². The lowest BCUT2D eigenvalue weighted by atomic mass is 9.84. The van der Waals surface area contributed by atoms with Gasteiger partial charge >= 0.3 is 5.51 Å². The number of pyridine rings is 1. The molecule has 1 aromatic heterocycles. The molecule has 2 N–H and O–H groups in total. The van der Waals surface area contributed by atoms with Gasteiger partial charge in [-0.3, -0.25) is 4.72 Å². The maximum atomic E-state index is 13.3. The summed E-state index contributed by atoms with van der Waals surface area (Å²) < 4.78 is 95.7. The number of ether oxygens (including phenoxy) is 1. The highest BCUT2D eigenvalue weighted by molar-refractivity contribution is 7.92. The third-order valence-corrected chi connectivity index (χ3v) is 9.64. The normalized spacial score (nSPS) is 14.8. The van der Waals surface area contributed by atoms with E-state index in [9.17, 15) is 21.6 Å². The van der Waals surface area contributed by atoms with Gasteiger partial charge in [-0.1, -0.05) is 19.9 Å². The molecule has 256 valence electrons. The van der Waals surface area contributed by atoms with E-state index in [1.54, 1.807) is 24.3 Å². The maximum absolute atomic E-state index is 13.3. The Balaban J connectivity index is 0.000000665. The van der Waals surface area contributed by atoms with Crippen molar-refractivity contribution in [2.24, 2.45) is 0 Å². The maximum Gasteiger partial charge on any atom is 0.485 e. The minimum Gasteiger partial charge on any atom is -0.741 e. The fourth-order valence-corrected chi connectivity index (χ4v) is 6.71. The first-order chi connectivity index (χ1) is 22.0. The summed E-state index contributed by atoms with van der Waals surface area (Å²) in [4.78, 5) is 2.59. The van der Waals surface area contributed by atoms with Crippen LogP contribution in [0.3, 0.4) is 0 Å². The number of benzene rings is 2. The van der Waals surface area contributed by atoms with Crippen molar-refractivity contribution >= 4 is 59.8 Å².